The van der Waals surface area contributed by atoms with Crippen molar-refractivity contribution in [2.75, 3.05) is 7.05 Å². The fourth-order valence-electron chi connectivity index (χ4n) is 2.92. The van der Waals surface area contributed by atoms with Gasteiger partial charge >= 0.3 is 0 Å². The van der Waals surface area contributed by atoms with Gasteiger partial charge < -0.3 is 5.32 Å². The molecule has 0 radical (unpaired) electrons. The molecule has 0 saturated heterocycles. The minimum atomic E-state index is 0.576. The Morgan fingerprint density at radius 1 is 1.07 bits per heavy atom. The minimum absolute atomic E-state index is 0.576. The number of hydrogen-bond acceptors (Lipinski definition) is 1. The summed E-state index contributed by atoms with van der Waals surface area (Å²) in [7, 11) is 2.14. The van der Waals surface area contributed by atoms with Crippen LogP contribution in [0.25, 0.3) is 0 Å². The number of nitrogens with one attached hydrogen (secondary N) is 1. The van der Waals surface area contributed by atoms with Crippen molar-refractivity contribution in [1.82, 2.24) is 5.32 Å². The summed E-state index contributed by atoms with van der Waals surface area (Å²) in [6.45, 7) is 4.85. The van der Waals surface area contributed by atoms with Crippen LogP contribution in [-0.4, -0.2) is 12.6 Å². The van der Waals surface area contributed by atoms with Gasteiger partial charge in [0.15, 0.2) is 0 Å². The van der Waals surface area contributed by atoms with Crippen LogP contribution in [0.4, 0.5) is 0 Å². The maximum atomic E-state index is 3.52. The van der Waals surface area contributed by atoms with Crippen LogP contribution >= 0.6 is 0 Å². The zero-order valence-corrected chi connectivity index (χ0v) is 10.0. The van der Waals surface area contributed by atoms with Crippen LogP contribution in [0, 0.1) is 11.3 Å². The minimum Gasteiger partial charge on any atom is -0.314 e. The molecule has 2 aliphatic carbocycles. The molecule has 0 atom stereocenters. The van der Waals surface area contributed by atoms with E-state index in [0.717, 1.165) is 5.92 Å². The topological polar surface area (TPSA) is 12.0 Å². The number of rotatable bonds is 3. The fourth-order valence-corrected chi connectivity index (χ4v) is 2.92. The van der Waals surface area contributed by atoms with Gasteiger partial charge in [-0.25, -0.2) is 0 Å². The first-order valence-electron chi connectivity index (χ1n) is 6.24. The van der Waals surface area contributed by atoms with Crippen LogP contribution in [-0.2, 0) is 0 Å². The maximum Gasteiger partial charge on any atom is 0.0182 e. The molecule has 0 aromatic carbocycles. The summed E-state index contributed by atoms with van der Waals surface area (Å²) in [5, 5.41) is 3.52. The Morgan fingerprint density at radius 3 is 2.07 bits per heavy atom. The van der Waals surface area contributed by atoms with Crippen molar-refractivity contribution in [3.8, 4) is 0 Å². The summed E-state index contributed by atoms with van der Waals surface area (Å²) in [6.07, 6.45) is 10.1. The first kappa shape index (κ1) is 10.5. The average Bonchev–Trinajstić information content (AvgIpc) is 2.90. The summed E-state index contributed by atoms with van der Waals surface area (Å²) in [4.78, 5) is 0. The van der Waals surface area contributed by atoms with Crippen molar-refractivity contribution >= 4 is 0 Å². The molecule has 1 nitrogen and oxygen atoms in total. The normalized spacial score (nSPS) is 30.2. The van der Waals surface area contributed by atoms with Gasteiger partial charge in [0.25, 0.3) is 0 Å². The molecule has 2 rings (SSSR count). The predicted molar refractivity (Wildman–Crippen MR) is 61.4 cm³/mol. The lowest BCUT2D eigenvalue weighted by Crippen LogP contribution is -2.32. The van der Waals surface area contributed by atoms with Gasteiger partial charge in [0.2, 0.25) is 0 Å². The van der Waals surface area contributed by atoms with Crippen LogP contribution in [0.15, 0.2) is 0 Å². The van der Waals surface area contributed by atoms with Gasteiger partial charge in [-0.2, -0.15) is 0 Å². The summed E-state index contributed by atoms with van der Waals surface area (Å²) in [5.74, 6) is 1.01. The maximum absolute atomic E-state index is 3.52. The second-order valence-corrected chi connectivity index (χ2v) is 6.34. The molecule has 0 heterocycles. The molecule has 2 fully saturated rings. The highest BCUT2D eigenvalue weighted by Gasteiger charge is 2.43. The quantitative estimate of drug-likeness (QED) is 0.728. The van der Waals surface area contributed by atoms with Gasteiger partial charge in [-0.15, -0.1) is 0 Å². The second-order valence-electron chi connectivity index (χ2n) is 6.34. The molecule has 1 N–H and O–H groups in total. The van der Waals surface area contributed by atoms with E-state index in [9.17, 15) is 0 Å². The Morgan fingerprint density at radius 2 is 1.64 bits per heavy atom. The highest BCUT2D eigenvalue weighted by molar-refractivity contribution is 5.02. The third kappa shape index (κ3) is 2.31. The molecule has 14 heavy (non-hydrogen) atoms. The Hall–Kier alpha value is -0.0400. The molecule has 2 aliphatic rings. The van der Waals surface area contributed by atoms with E-state index in [1.165, 1.54) is 44.9 Å². The van der Waals surface area contributed by atoms with Crippen LogP contribution in [0.3, 0.4) is 0 Å². The van der Waals surface area contributed by atoms with Gasteiger partial charge in [-0.1, -0.05) is 13.8 Å². The third-order valence-corrected chi connectivity index (χ3v) is 4.52. The molecule has 0 amide bonds. The van der Waals surface area contributed by atoms with E-state index >= 15 is 0 Å². The van der Waals surface area contributed by atoms with E-state index < -0.39 is 0 Å². The predicted octanol–water partition coefficient (Wildman–Crippen LogP) is 3.34. The second kappa shape index (κ2) is 3.52. The Balaban J connectivity index is 1.79. The molecule has 0 bridgehead atoms. The lowest BCUT2D eigenvalue weighted by molar-refractivity contribution is 0.173. The van der Waals surface area contributed by atoms with Gasteiger partial charge in [-0.05, 0) is 63.3 Å². The Kier molecular flexibility index (Phi) is 2.63. The van der Waals surface area contributed by atoms with Crippen LogP contribution in [0.2, 0.25) is 0 Å². The molecular formula is C13H25N. The molecule has 0 unspecified atom stereocenters. The zero-order chi connectivity index (χ0) is 10.2. The highest BCUT2D eigenvalue weighted by atomic mass is 15.0. The first-order chi connectivity index (χ1) is 6.55. The molecule has 0 aromatic rings. The van der Waals surface area contributed by atoms with E-state index in [1.54, 1.807) is 0 Å². The van der Waals surface area contributed by atoms with E-state index in [1.807, 2.05) is 0 Å². The van der Waals surface area contributed by atoms with E-state index in [2.05, 4.69) is 26.2 Å². The summed E-state index contributed by atoms with van der Waals surface area (Å²) >= 11 is 0. The molecule has 0 spiro atoms. The summed E-state index contributed by atoms with van der Waals surface area (Å²) < 4.78 is 0. The van der Waals surface area contributed by atoms with E-state index in [0.29, 0.717) is 11.0 Å². The molecule has 0 aliphatic heterocycles. The molecule has 0 aromatic heterocycles. The number of hydrogen-bond donors (Lipinski definition) is 1. The van der Waals surface area contributed by atoms with Gasteiger partial charge in [-0.3, -0.25) is 0 Å². The standard InChI is InChI=1S/C13H25N/c1-12(2)6-4-11(5-7-12)10-13(14-3)8-9-13/h11,14H,4-10H2,1-3H3. The van der Waals surface area contributed by atoms with Gasteiger partial charge in [0.05, 0.1) is 0 Å². The SMILES string of the molecule is CNC1(CC2CCC(C)(C)CC2)CC1. The largest absolute Gasteiger partial charge is 0.314 e. The van der Waals surface area contributed by atoms with Crippen molar-refractivity contribution in [2.24, 2.45) is 11.3 Å². The van der Waals surface area contributed by atoms with Crippen molar-refractivity contribution in [1.29, 1.82) is 0 Å². The molecule has 1 heteroatoms. The lowest BCUT2D eigenvalue weighted by Gasteiger charge is -2.35. The zero-order valence-electron chi connectivity index (χ0n) is 10.0. The monoisotopic (exact) mass is 195 g/mol. The van der Waals surface area contributed by atoms with Crippen molar-refractivity contribution in [3.63, 3.8) is 0 Å². The van der Waals surface area contributed by atoms with Crippen molar-refractivity contribution < 1.29 is 0 Å². The van der Waals surface area contributed by atoms with E-state index in [-0.39, 0.29) is 0 Å². The Labute approximate surface area is 88.7 Å². The van der Waals surface area contributed by atoms with Gasteiger partial charge in [0.1, 0.15) is 0 Å². The average molecular weight is 195 g/mol. The third-order valence-electron chi connectivity index (χ3n) is 4.52. The first-order valence-corrected chi connectivity index (χ1v) is 6.24. The van der Waals surface area contributed by atoms with E-state index in [4.69, 9.17) is 0 Å². The lowest BCUT2D eigenvalue weighted by atomic mass is 9.71. The molecular weight excluding hydrogens is 170 g/mol. The van der Waals surface area contributed by atoms with Crippen LogP contribution in [0.1, 0.15) is 58.8 Å². The van der Waals surface area contributed by atoms with Crippen molar-refractivity contribution in [2.45, 2.75) is 64.3 Å². The summed E-state index contributed by atoms with van der Waals surface area (Å²) in [6, 6.07) is 0. The van der Waals surface area contributed by atoms with Crippen LogP contribution < -0.4 is 5.32 Å². The highest BCUT2D eigenvalue weighted by Crippen LogP contribution is 2.46. The van der Waals surface area contributed by atoms with Crippen molar-refractivity contribution in [3.05, 3.63) is 0 Å². The molecule has 82 valence electrons. The summed E-state index contributed by atoms with van der Waals surface area (Å²) in [5.41, 5.74) is 1.21. The van der Waals surface area contributed by atoms with Crippen LogP contribution in [0.5, 0.6) is 0 Å². The van der Waals surface area contributed by atoms with Gasteiger partial charge in [0, 0.05) is 5.54 Å². The Bertz CT molecular complexity index is 193. The molecule has 2 saturated carbocycles. The smallest absolute Gasteiger partial charge is 0.0182 e. The fraction of sp³-hybridized carbons (Fsp3) is 1.00.